The van der Waals surface area contributed by atoms with Gasteiger partial charge in [0.05, 0.1) is 0 Å². The van der Waals surface area contributed by atoms with Gasteiger partial charge in [0.25, 0.3) is 10.0 Å². The molecule has 0 aromatic carbocycles. The van der Waals surface area contributed by atoms with E-state index < -0.39 is 10.0 Å². The van der Waals surface area contributed by atoms with Crippen molar-refractivity contribution in [3.8, 4) is 0 Å². The van der Waals surface area contributed by atoms with Crippen LogP contribution in [0.15, 0.2) is 16.3 Å². The molecule has 20 heavy (non-hydrogen) atoms. The molecule has 0 aliphatic heterocycles. The first-order valence-electron chi connectivity index (χ1n) is 6.71. The highest BCUT2D eigenvalue weighted by atomic mass is 32.2. The van der Waals surface area contributed by atoms with Crippen LogP contribution >= 0.6 is 11.3 Å². The average molecular weight is 319 g/mol. The smallest absolute Gasteiger partial charge is 0.252 e. The van der Waals surface area contributed by atoms with Crippen LogP contribution in [0.4, 0.5) is 0 Å². The summed E-state index contributed by atoms with van der Waals surface area (Å²) in [5.41, 5.74) is 5.56. The molecule has 1 heterocycles. The van der Waals surface area contributed by atoms with Gasteiger partial charge in [-0.25, -0.2) is 8.42 Å². The predicted molar refractivity (Wildman–Crippen MR) is 84.4 cm³/mol. The molecule has 7 heteroatoms. The monoisotopic (exact) mass is 319 g/mol. The lowest BCUT2D eigenvalue weighted by Crippen LogP contribution is -2.38. The molecule has 1 aromatic rings. The normalized spacial score (nSPS) is 12.8. The molecule has 0 amide bonds. The Hall–Kier alpha value is -0.470. The Kier molecular flexibility index (Phi) is 6.60. The van der Waals surface area contributed by atoms with Gasteiger partial charge in [-0.3, -0.25) is 0 Å². The number of likely N-dealkylation sites (N-methyl/N-ethyl adjacent to an activating group) is 1. The number of nitrogens with zero attached hydrogens (tertiary/aromatic N) is 2. The number of hydrogen-bond acceptors (Lipinski definition) is 5. The van der Waals surface area contributed by atoms with Crippen LogP contribution in [-0.2, 0) is 16.6 Å². The minimum absolute atomic E-state index is 0.292. The Morgan fingerprint density at radius 3 is 2.35 bits per heavy atom. The molecule has 1 aromatic heterocycles. The lowest BCUT2D eigenvalue weighted by Gasteiger charge is -2.24. The molecule has 2 N–H and O–H groups in total. The topological polar surface area (TPSA) is 66.6 Å². The summed E-state index contributed by atoms with van der Waals surface area (Å²) < 4.78 is 27.3. The van der Waals surface area contributed by atoms with E-state index in [2.05, 4.69) is 0 Å². The van der Waals surface area contributed by atoms with Crippen molar-refractivity contribution in [3.05, 3.63) is 17.0 Å². The number of nitrogens with two attached hydrogens (primary N) is 1. The van der Waals surface area contributed by atoms with E-state index in [0.717, 1.165) is 4.88 Å². The Morgan fingerprint density at radius 1 is 1.25 bits per heavy atom. The quantitative estimate of drug-likeness (QED) is 0.787. The summed E-state index contributed by atoms with van der Waals surface area (Å²) in [6.45, 7) is 6.17. The number of rotatable bonds is 8. The SMILES string of the molecule is CC(C)CN(CCN(C)C)S(=O)(=O)c1ccc(CN)s1. The molecule has 0 atom stereocenters. The molecule has 1 rings (SSSR count). The fourth-order valence-corrected chi connectivity index (χ4v) is 4.75. The van der Waals surface area contributed by atoms with Crippen LogP contribution in [0.25, 0.3) is 0 Å². The van der Waals surface area contributed by atoms with Gasteiger partial charge < -0.3 is 10.6 Å². The maximum absolute atomic E-state index is 12.7. The van der Waals surface area contributed by atoms with E-state index in [4.69, 9.17) is 5.73 Å². The van der Waals surface area contributed by atoms with E-state index in [1.54, 1.807) is 16.4 Å². The first-order chi connectivity index (χ1) is 9.27. The van der Waals surface area contributed by atoms with Crippen molar-refractivity contribution in [1.82, 2.24) is 9.21 Å². The zero-order chi connectivity index (χ0) is 15.3. The highest BCUT2D eigenvalue weighted by molar-refractivity contribution is 7.91. The van der Waals surface area contributed by atoms with Gasteiger partial charge in [0.15, 0.2) is 0 Å². The van der Waals surface area contributed by atoms with E-state index in [9.17, 15) is 8.42 Å². The average Bonchev–Trinajstić information content (AvgIpc) is 2.83. The van der Waals surface area contributed by atoms with Crippen LogP contribution in [0.2, 0.25) is 0 Å². The lowest BCUT2D eigenvalue weighted by molar-refractivity contribution is 0.313. The van der Waals surface area contributed by atoms with Gasteiger partial charge in [-0.2, -0.15) is 4.31 Å². The van der Waals surface area contributed by atoms with Gasteiger partial charge in [0.1, 0.15) is 4.21 Å². The van der Waals surface area contributed by atoms with Crippen LogP contribution < -0.4 is 5.73 Å². The van der Waals surface area contributed by atoms with Crippen molar-refractivity contribution >= 4 is 21.4 Å². The maximum Gasteiger partial charge on any atom is 0.252 e. The highest BCUT2D eigenvalue weighted by Crippen LogP contribution is 2.25. The molecule has 116 valence electrons. The predicted octanol–water partition coefficient (Wildman–Crippen LogP) is 1.42. The Morgan fingerprint density at radius 2 is 1.90 bits per heavy atom. The Balaban J connectivity index is 2.96. The molecule has 0 unspecified atom stereocenters. The fourth-order valence-electron chi connectivity index (χ4n) is 1.76. The Bertz CT molecular complexity index is 509. The largest absolute Gasteiger partial charge is 0.326 e. The summed E-state index contributed by atoms with van der Waals surface area (Å²) in [5.74, 6) is 0.292. The molecule has 0 saturated heterocycles. The zero-order valence-electron chi connectivity index (χ0n) is 12.7. The van der Waals surface area contributed by atoms with Gasteiger partial charge in [0.2, 0.25) is 0 Å². The van der Waals surface area contributed by atoms with E-state index in [0.29, 0.717) is 36.3 Å². The van der Waals surface area contributed by atoms with Gasteiger partial charge >= 0.3 is 0 Å². The maximum atomic E-state index is 12.7. The van der Waals surface area contributed by atoms with Crippen LogP contribution in [-0.4, -0.2) is 51.4 Å². The van der Waals surface area contributed by atoms with Crippen molar-refractivity contribution in [2.45, 2.75) is 24.6 Å². The third kappa shape index (κ3) is 4.82. The third-order valence-corrected chi connectivity index (χ3v) is 6.24. The standard InChI is InChI=1S/C13H25N3O2S2/c1-11(2)10-16(8-7-15(3)4)20(17,18)13-6-5-12(9-14)19-13/h5-6,11H,7-10,14H2,1-4H3. The highest BCUT2D eigenvalue weighted by Gasteiger charge is 2.26. The van der Waals surface area contributed by atoms with Gasteiger partial charge in [-0.1, -0.05) is 13.8 Å². The summed E-state index contributed by atoms with van der Waals surface area (Å²) in [4.78, 5) is 2.88. The van der Waals surface area contributed by atoms with E-state index in [1.165, 1.54) is 11.3 Å². The van der Waals surface area contributed by atoms with Gasteiger partial charge in [-0.15, -0.1) is 11.3 Å². The molecule has 0 radical (unpaired) electrons. The van der Waals surface area contributed by atoms with Crippen molar-refractivity contribution in [1.29, 1.82) is 0 Å². The lowest BCUT2D eigenvalue weighted by atomic mass is 10.2. The second-order valence-electron chi connectivity index (χ2n) is 5.49. The van der Waals surface area contributed by atoms with Crippen molar-refractivity contribution in [2.75, 3.05) is 33.7 Å². The van der Waals surface area contributed by atoms with Crippen LogP contribution in [0.3, 0.4) is 0 Å². The minimum atomic E-state index is -3.41. The molecular formula is C13H25N3O2S2. The summed E-state index contributed by atoms with van der Waals surface area (Å²) in [7, 11) is 0.473. The van der Waals surface area contributed by atoms with Crippen molar-refractivity contribution in [3.63, 3.8) is 0 Å². The number of hydrogen-bond donors (Lipinski definition) is 1. The number of thiophene rings is 1. The van der Waals surface area contributed by atoms with Gasteiger partial charge in [-0.05, 0) is 32.1 Å². The second kappa shape index (κ2) is 7.51. The van der Waals surface area contributed by atoms with Crippen LogP contribution in [0.5, 0.6) is 0 Å². The molecular weight excluding hydrogens is 294 g/mol. The van der Waals surface area contributed by atoms with Gasteiger partial charge in [0, 0.05) is 31.1 Å². The third-order valence-electron chi connectivity index (χ3n) is 2.80. The fraction of sp³-hybridized carbons (Fsp3) is 0.692. The molecule has 5 nitrogen and oxygen atoms in total. The second-order valence-corrected chi connectivity index (χ2v) is 8.82. The Labute approximate surface area is 126 Å². The van der Waals surface area contributed by atoms with Crippen LogP contribution in [0.1, 0.15) is 18.7 Å². The minimum Gasteiger partial charge on any atom is -0.326 e. The molecule has 0 saturated carbocycles. The van der Waals surface area contributed by atoms with Crippen molar-refractivity contribution in [2.24, 2.45) is 11.7 Å². The van der Waals surface area contributed by atoms with E-state index in [-0.39, 0.29) is 0 Å². The van der Waals surface area contributed by atoms with E-state index >= 15 is 0 Å². The first-order valence-corrected chi connectivity index (χ1v) is 8.96. The summed E-state index contributed by atoms with van der Waals surface area (Å²) >= 11 is 1.26. The summed E-state index contributed by atoms with van der Waals surface area (Å²) in [6.07, 6.45) is 0. The summed E-state index contributed by atoms with van der Waals surface area (Å²) in [5, 5.41) is 0. The zero-order valence-corrected chi connectivity index (χ0v) is 14.3. The molecule has 0 aliphatic carbocycles. The first kappa shape index (κ1) is 17.6. The molecule has 0 aliphatic rings. The van der Waals surface area contributed by atoms with Crippen molar-refractivity contribution < 1.29 is 8.42 Å². The molecule has 0 bridgehead atoms. The van der Waals surface area contributed by atoms with E-state index in [1.807, 2.05) is 32.8 Å². The molecule has 0 spiro atoms. The molecule has 0 fully saturated rings. The summed E-state index contributed by atoms with van der Waals surface area (Å²) in [6, 6.07) is 3.45. The number of sulfonamides is 1. The van der Waals surface area contributed by atoms with Crippen LogP contribution in [0, 0.1) is 5.92 Å².